The molecule has 3 amide bonds. The van der Waals surface area contributed by atoms with E-state index in [1.54, 1.807) is 36.4 Å². The molecule has 0 saturated heterocycles. The minimum absolute atomic E-state index is 0.170. The van der Waals surface area contributed by atoms with E-state index in [4.69, 9.17) is 5.26 Å². The van der Waals surface area contributed by atoms with Crippen LogP contribution in [-0.2, 0) is 4.79 Å². The average Bonchev–Trinajstić information content (AvgIpc) is 2.65. The van der Waals surface area contributed by atoms with Crippen LogP contribution in [0.2, 0.25) is 0 Å². The first-order valence-corrected chi connectivity index (χ1v) is 7.28. The summed E-state index contributed by atoms with van der Waals surface area (Å²) < 4.78 is 0. The Kier molecular flexibility index (Phi) is 6.01. The van der Waals surface area contributed by atoms with Gasteiger partial charge in [-0.05, 0) is 23.8 Å². The third kappa shape index (κ3) is 5.17. The standard InChI is InChI=1S/C17H13N5O4/c18-11-13(9-12-5-4-8-15(10-12)22(25)26)16(23)20-21-17(24)19-14-6-2-1-3-7-14/h1-10H,(H,20,23)(H2,19,21,24). The topological polar surface area (TPSA) is 137 Å². The maximum atomic E-state index is 12.0. The van der Waals surface area contributed by atoms with Crippen LogP contribution >= 0.6 is 0 Å². The molecule has 9 heteroatoms. The predicted octanol–water partition coefficient (Wildman–Crippen LogP) is 2.35. The van der Waals surface area contributed by atoms with Gasteiger partial charge in [-0.15, -0.1) is 0 Å². The number of rotatable bonds is 4. The molecule has 0 radical (unpaired) electrons. The average molecular weight is 351 g/mol. The molecule has 2 rings (SSSR count). The van der Waals surface area contributed by atoms with Gasteiger partial charge in [0.1, 0.15) is 11.6 Å². The van der Waals surface area contributed by atoms with Crippen LogP contribution in [-0.4, -0.2) is 16.9 Å². The Morgan fingerprint density at radius 1 is 1.08 bits per heavy atom. The van der Waals surface area contributed by atoms with Crippen molar-refractivity contribution in [3.8, 4) is 6.07 Å². The first-order chi connectivity index (χ1) is 12.5. The van der Waals surface area contributed by atoms with Gasteiger partial charge in [-0.1, -0.05) is 30.3 Å². The lowest BCUT2D eigenvalue weighted by Gasteiger charge is -2.08. The fourth-order valence-electron chi connectivity index (χ4n) is 1.91. The second-order valence-corrected chi connectivity index (χ2v) is 4.92. The van der Waals surface area contributed by atoms with Gasteiger partial charge < -0.3 is 5.32 Å². The van der Waals surface area contributed by atoms with Gasteiger partial charge in [-0.25, -0.2) is 10.2 Å². The third-order valence-corrected chi connectivity index (χ3v) is 3.08. The van der Waals surface area contributed by atoms with E-state index < -0.39 is 16.9 Å². The number of nitro benzene ring substituents is 1. The van der Waals surface area contributed by atoms with E-state index in [0.29, 0.717) is 11.3 Å². The molecule has 3 N–H and O–H groups in total. The van der Waals surface area contributed by atoms with Gasteiger partial charge >= 0.3 is 6.03 Å². The molecular formula is C17H13N5O4. The lowest BCUT2D eigenvalue weighted by atomic mass is 10.1. The number of hydrazine groups is 1. The number of nitriles is 1. The number of nitrogens with one attached hydrogen (secondary N) is 3. The number of carbonyl (C=O) groups excluding carboxylic acids is 2. The van der Waals surface area contributed by atoms with Crippen LogP contribution in [0.1, 0.15) is 5.56 Å². The molecule has 0 spiro atoms. The molecule has 0 unspecified atom stereocenters. The maximum Gasteiger partial charge on any atom is 0.337 e. The summed E-state index contributed by atoms with van der Waals surface area (Å²) in [6.07, 6.45) is 1.18. The monoisotopic (exact) mass is 351 g/mol. The van der Waals surface area contributed by atoms with Crippen LogP contribution in [0.5, 0.6) is 0 Å². The smallest absolute Gasteiger partial charge is 0.307 e. The summed E-state index contributed by atoms with van der Waals surface area (Å²) in [6, 6.07) is 15.0. The van der Waals surface area contributed by atoms with Crippen LogP contribution in [0, 0.1) is 21.4 Å². The number of nitro groups is 1. The number of hydrogen-bond acceptors (Lipinski definition) is 5. The van der Waals surface area contributed by atoms with E-state index in [-0.39, 0.29) is 11.3 Å². The molecule has 130 valence electrons. The number of anilines is 1. The second-order valence-electron chi connectivity index (χ2n) is 4.92. The van der Waals surface area contributed by atoms with Gasteiger partial charge in [0.05, 0.1) is 4.92 Å². The number of hydrogen-bond donors (Lipinski definition) is 3. The Bertz CT molecular complexity index is 903. The molecule has 0 aliphatic heterocycles. The summed E-state index contributed by atoms with van der Waals surface area (Å²) in [7, 11) is 0. The summed E-state index contributed by atoms with van der Waals surface area (Å²) >= 11 is 0. The van der Waals surface area contributed by atoms with Crippen LogP contribution in [0.25, 0.3) is 6.08 Å². The van der Waals surface area contributed by atoms with Crippen LogP contribution < -0.4 is 16.2 Å². The largest absolute Gasteiger partial charge is 0.337 e. The Hall–Kier alpha value is -4.19. The lowest BCUT2D eigenvalue weighted by molar-refractivity contribution is -0.384. The zero-order chi connectivity index (χ0) is 18.9. The van der Waals surface area contributed by atoms with Gasteiger partial charge in [0.15, 0.2) is 0 Å². The Balaban J connectivity index is 2.00. The number of non-ortho nitro benzene ring substituents is 1. The lowest BCUT2D eigenvalue weighted by Crippen LogP contribution is -2.44. The number of nitrogens with zero attached hydrogens (tertiary/aromatic N) is 2. The predicted molar refractivity (Wildman–Crippen MR) is 93.4 cm³/mol. The van der Waals surface area contributed by atoms with Crippen molar-refractivity contribution in [3.05, 3.63) is 75.8 Å². The number of carbonyl (C=O) groups is 2. The Labute approximate surface area is 148 Å². The van der Waals surface area contributed by atoms with Crippen molar-refractivity contribution in [2.45, 2.75) is 0 Å². The van der Waals surface area contributed by atoms with Crippen LogP contribution in [0.15, 0.2) is 60.2 Å². The molecule has 26 heavy (non-hydrogen) atoms. The van der Waals surface area contributed by atoms with Gasteiger partial charge in [-0.3, -0.25) is 20.3 Å². The number of urea groups is 1. The quantitative estimate of drug-likeness (QED) is 0.336. The fraction of sp³-hybridized carbons (Fsp3) is 0. The highest BCUT2D eigenvalue weighted by molar-refractivity contribution is 6.03. The maximum absolute atomic E-state index is 12.0. The fourth-order valence-corrected chi connectivity index (χ4v) is 1.91. The normalized spacial score (nSPS) is 10.3. The van der Waals surface area contributed by atoms with Gasteiger partial charge in [0.2, 0.25) is 0 Å². The highest BCUT2D eigenvalue weighted by Gasteiger charge is 2.12. The van der Waals surface area contributed by atoms with Crippen molar-refractivity contribution in [1.82, 2.24) is 10.9 Å². The summed E-state index contributed by atoms with van der Waals surface area (Å²) in [5.74, 6) is -0.859. The van der Waals surface area contributed by atoms with Crippen molar-refractivity contribution in [2.75, 3.05) is 5.32 Å². The minimum Gasteiger partial charge on any atom is -0.307 e. The molecule has 0 fully saturated rings. The molecule has 0 heterocycles. The van der Waals surface area contributed by atoms with Crippen LogP contribution in [0.4, 0.5) is 16.2 Å². The molecule has 0 atom stereocenters. The number of para-hydroxylation sites is 1. The number of benzene rings is 2. The Morgan fingerprint density at radius 3 is 2.46 bits per heavy atom. The summed E-state index contributed by atoms with van der Waals surface area (Å²) in [5.41, 5.74) is 4.52. The summed E-state index contributed by atoms with van der Waals surface area (Å²) in [6.45, 7) is 0. The van der Waals surface area contributed by atoms with E-state index in [9.17, 15) is 19.7 Å². The zero-order valence-corrected chi connectivity index (χ0v) is 13.3. The van der Waals surface area contributed by atoms with Gasteiger partial charge in [0.25, 0.3) is 11.6 Å². The highest BCUT2D eigenvalue weighted by Crippen LogP contribution is 2.15. The highest BCUT2D eigenvalue weighted by atomic mass is 16.6. The van der Waals surface area contributed by atoms with Gasteiger partial charge in [-0.2, -0.15) is 5.26 Å². The summed E-state index contributed by atoms with van der Waals surface area (Å²) in [4.78, 5) is 33.8. The SMILES string of the molecule is N#CC(=Cc1cccc([N+](=O)[O-])c1)C(=O)NNC(=O)Nc1ccccc1. The molecule has 0 aliphatic rings. The molecule has 0 saturated carbocycles. The molecule has 9 nitrogen and oxygen atoms in total. The van der Waals surface area contributed by atoms with Crippen molar-refractivity contribution >= 4 is 29.4 Å². The number of amides is 3. The van der Waals surface area contributed by atoms with Crippen molar-refractivity contribution in [2.24, 2.45) is 0 Å². The van der Waals surface area contributed by atoms with E-state index in [1.807, 2.05) is 0 Å². The van der Waals surface area contributed by atoms with Crippen molar-refractivity contribution in [3.63, 3.8) is 0 Å². The molecule has 2 aromatic rings. The van der Waals surface area contributed by atoms with E-state index in [1.165, 1.54) is 30.3 Å². The molecular weight excluding hydrogens is 338 g/mol. The minimum atomic E-state index is -0.859. The zero-order valence-electron chi connectivity index (χ0n) is 13.3. The molecule has 0 bridgehead atoms. The third-order valence-electron chi connectivity index (χ3n) is 3.08. The van der Waals surface area contributed by atoms with Crippen molar-refractivity contribution < 1.29 is 14.5 Å². The van der Waals surface area contributed by atoms with Gasteiger partial charge in [0, 0.05) is 17.8 Å². The second kappa shape index (κ2) is 8.60. The van der Waals surface area contributed by atoms with Crippen LogP contribution in [0.3, 0.4) is 0 Å². The molecule has 0 aromatic heterocycles. The first-order valence-electron chi connectivity index (χ1n) is 7.28. The Morgan fingerprint density at radius 2 is 1.81 bits per heavy atom. The van der Waals surface area contributed by atoms with Crippen molar-refractivity contribution in [1.29, 1.82) is 5.26 Å². The molecule has 2 aromatic carbocycles. The van der Waals surface area contributed by atoms with E-state index in [2.05, 4.69) is 16.2 Å². The van der Waals surface area contributed by atoms with E-state index >= 15 is 0 Å². The molecule has 0 aliphatic carbocycles. The van der Waals surface area contributed by atoms with E-state index in [0.717, 1.165) is 0 Å². The summed E-state index contributed by atoms with van der Waals surface area (Å²) in [5, 5.41) is 22.3. The first kappa shape index (κ1) is 18.2.